The molecule has 0 saturated heterocycles. The zero-order valence-electron chi connectivity index (χ0n) is 23.0. The number of thiophene rings is 1. The maximum atomic E-state index is 14.1. The molecule has 1 aliphatic rings. The molecule has 5 rings (SSSR count). The van der Waals surface area contributed by atoms with Crippen LogP contribution >= 0.6 is 11.3 Å². The van der Waals surface area contributed by atoms with Crippen molar-refractivity contribution < 1.29 is 19.2 Å². The first-order valence-corrected chi connectivity index (χ1v) is 14.0. The number of amides is 3. The van der Waals surface area contributed by atoms with Gasteiger partial charge in [0.05, 0.1) is 11.3 Å². The van der Waals surface area contributed by atoms with Crippen LogP contribution in [0.15, 0.2) is 90.3 Å². The van der Waals surface area contributed by atoms with Crippen molar-refractivity contribution in [2.75, 3.05) is 35.8 Å². The number of hydrogen-bond acceptors (Lipinski definition) is 6. The highest BCUT2D eigenvalue weighted by Crippen LogP contribution is 2.32. The van der Waals surface area contributed by atoms with Gasteiger partial charge >= 0.3 is 0 Å². The third kappa shape index (κ3) is 5.76. The van der Waals surface area contributed by atoms with Crippen molar-refractivity contribution in [3.8, 4) is 0 Å². The van der Waals surface area contributed by atoms with Gasteiger partial charge in [0, 0.05) is 36.9 Å². The Bertz CT molecular complexity index is 1600. The molecule has 0 saturated carbocycles. The van der Waals surface area contributed by atoms with Crippen LogP contribution in [0.4, 0.5) is 17.1 Å². The Morgan fingerprint density at radius 3 is 2.29 bits per heavy atom. The van der Waals surface area contributed by atoms with Crippen LogP contribution in [0.5, 0.6) is 0 Å². The number of carbonyl (C=O) groups excluding carboxylic acids is 4. The molecule has 0 fully saturated rings. The van der Waals surface area contributed by atoms with Crippen molar-refractivity contribution in [1.29, 1.82) is 0 Å². The molecule has 2 heterocycles. The summed E-state index contributed by atoms with van der Waals surface area (Å²) in [6.07, 6.45) is 0. The molecule has 0 aliphatic carbocycles. The minimum absolute atomic E-state index is 0.138. The topological polar surface area (TPSA) is 90.0 Å². The number of nitrogens with one attached hydrogen (secondary N) is 1. The largest absolute Gasteiger partial charge is 0.378 e. The van der Waals surface area contributed by atoms with E-state index in [9.17, 15) is 19.2 Å². The van der Waals surface area contributed by atoms with Crippen LogP contribution in [0.3, 0.4) is 0 Å². The molecule has 4 aromatic rings. The highest BCUT2D eigenvalue weighted by molar-refractivity contribution is 7.10. The first-order valence-electron chi connectivity index (χ1n) is 13.2. The lowest BCUT2D eigenvalue weighted by atomic mass is 10.1. The van der Waals surface area contributed by atoms with Gasteiger partial charge in [0.15, 0.2) is 0 Å². The molecule has 3 aromatic carbocycles. The Labute approximate surface area is 242 Å². The Balaban J connectivity index is 1.51. The van der Waals surface area contributed by atoms with Gasteiger partial charge in [-0.2, -0.15) is 0 Å². The fraction of sp³-hybridized carbons (Fsp3) is 0.188. The molecule has 3 amide bonds. The van der Waals surface area contributed by atoms with E-state index in [1.165, 1.54) is 21.1 Å². The first-order chi connectivity index (χ1) is 19.7. The number of nitrogens with zero attached hydrogens (tertiary/aromatic N) is 3. The summed E-state index contributed by atoms with van der Waals surface area (Å²) in [7, 11) is 3.87. The highest BCUT2D eigenvalue weighted by Gasteiger charge is 2.39. The SMILES string of the molecule is Cc1ccccc1CN(C(=O)CN1C(=O)C(=O)c2ccccc21)C(C(=O)Nc1ccc(N(C)C)cc1)c1cccs1. The molecule has 1 N–H and O–H groups in total. The van der Waals surface area contributed by atoms with Gasteiger partial charge in [0.1, 0.15) is 12.6 Å². The number of benzene rings is 3. The highest BCUT2D eigenvalue weighted by atomic mass is 32.1. The van der Waals surface area contributed by atoms with Crippen LogP contribution in [0, 0.1) is 6.92 Å². The average Bonchev–Trinajstić information content (AvgIpc) is 3.57. The number of anilines is 3. The summed E-state index contributed by atoms with van der Waals surface area (Å²) in [5.41, 5.74) is 4.08. The fourth-order valence-corrected chi connectivity index (χ4v) is 5.69. The van der Waals surface area contributed by atoms with E-state index in [0.717, 1.165) is 16.8 Å². The molecule has 1 aromatic heterocycles. The van der Waals surface area contributed by atoms with Crippen LogP contribution in [-0.4, -0.2) is 49.0 Å². The number of fused-ring (bicyclic) bond motifs is 1. The summed E-state index contributed by atoms with van der Waals surface area (Å²) in [6, 6.07) is 24.4. The third-order valence-corrected chi connectivity index (χ3v) is 8.04. The van der Waals surface area contributed by atoms with E-state index >= 15 is 0 Å². The Kier molecular flexibility index (Phi) is 7.98. The molecule has 0 radical (unpaired) electrons. The summed E-state index contributed by atoms with van der Waals surface area (Å²) < 4.78 is 0. The molecular formula is C32H30N4O4S. The quantitative estimate of drug-likeness (QED) is 0.286. The van der Waals surface area contributed by atoms with Gasteiger partial charge in [-0.05, 0) is 65.9 Å². The number of hydrogen-bond donors (Lipinski definition) is 1. The molecule has 8 nitrogen and oxygen atoms in total. The third-order valence-electron chi connectivity index (χ3n) is 7.12. The number of aryl methyl sites for hydroxylation is 1. The second-order valence-electron chi connectivity index (χ2n) is 10.0. The Hall–Kier alpha value is -4.76. The van der Waals surface area contributed by atoms with Crippen LogP contribution in [0.2, 0.25) is 0 Å². The van der Waals surface area contributed by atoms with Gasteiger partial charge in [-0.3, -0.25) is 24.1 Å². The van der Waals surface area contributed by atoms with E-state index in [4.69, 9.17) is 0 Å². The van der Waals surface area contributed by atoms with Crippen molar-refractivity contribution in [3.05, 3.63) is 112 Å². The Morgan fingerprint density at radius 1 is 0.902 bits per heavy atom. The predicted molar refractivity (Wildman–Crippen MR) is 161 cm³/mol. The summed E-state index contributed by atoms with van der Waals surface area (Å²) in [6.45, 7) is 1.71. The Morgan fingerprint density at radius 2 is 1.61 bits per heavy atom. The van der Waals surface area contributed by atoms with Gasteiger partial charge in [0.25, 0.3) is 17.6 Å². The predicted octanol–water partition coefficient (Wildman–Crippen LogP) is 5.06. The minimum Gasteiger partial charge on any atom is -0.378 e. The van der Waals surface area contributed by atoms with E-state index in [1.807, 2.05) is 92.0 Å². The standard InChI is InChI=1S/C32H30N4O4S/c1-21-9-4-5-10-22(21)19-36(28(37)20-35-26-12-7-6-11-25(26)30(38)32(35)40)29(27-13-8-18-41-27)31(39)33-23-14-16-24(17-15-23)34(2)3/h4-18,29H,19-20H2,1-3H3,(H,33,39). The number of para-hydroxylation sites is 1. The van der Waals surface area contributed by atoms with Crippen molar-refractivity contribution in [2.45, 2.75) is 19.5 Å². The maximum Gasteiger partial charge on any atom is 0.299 e. The monoisotopic (exact) mass is 566 g/mol. The van der Waals surface area contributed by atoms with Crippen LogP contribution in [0.1, 0.15) is 32.4 Å². The molecule has 1 unspecified atom stereocenters. The van der Waals surface area contributed by atoms with Crippen molar-refractivity contribution in [3.63, 3.8) is 0 Å². The normalized spacial score (nSPS) is 13.1. The number of ketones is 1. The lowest BCUT2D eigenvalue weighted by Crippen LogP contribution is -2.46. The van der Waals surface area contributed by atoms with Gasteiger partial charge in [-0.25, -0.2) is 0 Å². The summed E-state index contributed by atoms with van der Waals surface area (Å²) in [5, 5.41) is 4.84. The lowest BCUT2D eigenvalue weighted by Gasteiger charge is -2.32. The van der Waals surface area contributed by atoms with E-state index in [0.29, 0.717) is 16.3 Å². The van der Waals surface area contributed by atoms with Crippen LogP contribution in [0.25, 0.3) is 0 Å². The van der Waals surface area contributed by atoms with Crippen LogP contribution < -0.4 is 15.1 Å². The first kappa shape index (κ1) is 27.8. The van der Waals surface area contributed by atoms with E-state index in [-0.39, 0.29) is 24.6 Å². The smallest absolute Gasteiger partial charge is 0.299 e. The van der Waals surface area contributed by atoms with Crippen molar-refractivity contribution >= 4 is 51.9 Å². The maximum absolute atomic E-state index is 14.1. The van der Waals surface area contributed by atoms with E-state index < -0.39 is 23.6 Å². The summed E-state index contributed by atoms with van der Waals surface area (Å²) in [5.74, 6) is -2.24. The molecule has 1 aliphatic heterocycles. The number of Topliss-reactive ketones (excluding diaryl/α,β-unsaturated/α-hetero) is 1. The molecule has 208 valence electrons. The zero-order valence-corrected chi connectivity index (χ0v) is 23.9. The lowest BCUT2D eigenvalue weighted by molar-refractivity contribution is -0.138. The molecular weight excluding hydrogens is 536 g/mol. The van der Waals surface area contributed by atoms with Gasteiger partial charge in [-0.15, -0.1) is 11.3 Å². The molecule has 9 heteroatoms. The van der Waals surface area contributed by atoms with Gasteiger partial charge in [-0.1, -0.05) is 42.5 Å². The number of rotatable bonds is 9. The van der Waals surface area contributed by atoms with Gasteiger partial charge < -0.3 is 15.1 Å². The minimum atomic E-state index is -0.973. The van der Waals surface area contributed by atoms with E-state index in [1.54, 1.807) is 24.3 Å². The second-order valence-corrected chi connectivity index (χ2v) is 11.0. The molecule has 1 atom stereocenters. The van der Waals surface area contributed by atoms with Gasteiger partial charge in [0.2, 0.25) is 5.91 Å². The second kappa shape index (κ2) is 11.8. The van der Waals surface area contributed by atoms with Crippen molar-refractivity contribution in [2.24, 2.45) is 0 Å². The number of carbonyl (C=O) groups is 4. The average molecular weight is 567 g/mol. The summed E-state index contributed by atoms with van der Waals surface area (Å²) in [4.78, 5) is 58.9. The molecule has 0 spiro atoms. The molecule has 41 heavy (non-hydrogen) atoms. The van der Waals surface area contributed by atoms with Crippen LogP contribution in [-0.2, 0) is 20.9 Å². The van der Waals surface area contributed by atoms with E-state index in [2.05, 4.69) is 5.32 Å². The zero-order chi connectivity index (χ0) is 29.1. The van der Waals surface area contributed by atoms with Crippen molar-refractivity contribution in [1.82, 2.24) is 4.90 Å². The molecule has 0 bridgehead atoms. The summed E-state index contributed by atoms with van der Waals surface area (Å²) >= 11 is 1.37. The fourth-order valence-electron chi connectivity index (χ4n) is 4.85.